The Bertz CT molecular complexity index is 1200. The summed E-state index contributed by atoms with van der Waals surface area (Å²) in [6, 6.07) is 14.1. The lowest BCUT2D eigenvalue weighted by molar-refractivity contribution is -0.116. The van der Waals surface area contributed by atoms with Gasteiger partial charge in [0, 0.05) is 22.6 Å². The summed E-state index contributed by atoms with van der Waals surface area (Å²) in [4.78, 5) is 24.3. The highest BCUT2D eigenvalue weighted by molar-refractivity contribution is 7.93. The highest BCUT2D eigenvalue weighted by Gasteiger charge is 2.16. The Labute approximate surface area is 162 Å². The standard InChI is InChI=1S/C20H20N4O3S/c25-19-13-21-24(18-6-2-1-5-17(18)19)14-20(26)22-15-7-9-16(10-8-15)23-28(27)11-3-4-12-28/h1-2,5-10,13H,3-4,11-12,14H2,(H,22,26). The van der Waals surface area contributed by atoms with Crippen LogP contribution in [0, 0.1) is 0 Å². The molecule has 0 spiro atoms. The van der Waals surface area contributed by atoms with Gasteiger partial charge in [0.2, 0.25) is 11.3 Å². The first-order valence-corrected chi connectivity index (χ1v) is 11.0. The number of anilines is 1. The van der Waals surface area contributed by atoms with E-state index in [1.807, 2.05) is 0 Å². The van der Waals surface area contributed by atoms with E-state index in [1.165, 1.54) is 10.9 Å². The van der Waals surface area contributed by atoms with Gasteiger partial charge in [-0.25, -0.2) is 4.21 Å². The molecule has 1 aliphatic heterocycles. The molecule has 28 heavy (non-hydrogen) atoms. The highest BCUT2D eigenvalue weighted by atomic mass is 32.2. The molecule has 1 N–H and O–H groups in total. The van der Waals surface area contributed by atoms with Gasteiger partial charge >= 0.3 is 0 Å². The quantitative estimate of drug-likeness (QED) is 0.734. The third-order valence-electron chi connectivity index (χ3n) is 4.65. The van der Waals surface area contributed by atoms with Crippen molar-refractivity contribution in [1.82, 2.24) is 9.78 Å². The molecular weight excluding hydrogens is 376 g/mol. The summed E-state index contributed by atoms with van der Waals surface area (Å²) in [6.07, 6.45) is 3.14. The van der Waals surface area contributed by atoms with Crippen molar-refractivity contribution in [2.24, 2.45) is 4.36 Å². The van der Waals surface area contributed by atoms with E-state index in [2.05, 4.69) is 14.8 Å². The van der Waals surface area contributed by atoms with Crippen LogP contribution in [0.2, 0.25) is 0 Å². The fraction of sp³-hybridized carbons (Fsp3) is 0.250. The summed E-state index contributed by atoms with van der Waals surface area (Å²) in [5, 5.41) is 7.40. The molecular formula is C20H20N4O3S. The number of carbonyl (C=O) groups is 1. The van der Waals surface area contributed by atoms with Crippen molar-refractivity contribution < 1.29 is 9.00 Å². The molecule has 2 aromatic carbocycles. The average molecular weight is 396 g/mol. The molecule has 0 aliphatic carbocycles. The zero-order valence-corrected chi connectivity index (χ0v) is 16.0. The summed E-state index contributed by atoms with van der Waals surface area (Å²) < 4.78 is 18.4. The number of rotatable bonds is 4. The topological polar surface area (TPSA) is 93.4 Å². The van der Waals surface area contributed by atoms with Crippen molar-refractivity contribution >= 4 is 37.9 Å². The molecule has 8 heteroatoms. The molecule has 144 valence electrons. The minimum Gasteiger partial charge on any atom is -0.324 e. The minimum absolute atomic E-state index is 0.0132. The predicted molar refractivity (Wildman–Crippen MR) is 110 cm³/mol. The Balaban J connectivity index is 1.48. The van der Waals surface area contributed by atoms with E-state index < -0.39 is 9.73 Å². The summed E-state index contributed by atoms with van der Waals surface area (Å²) >= 11 is 0. The molecule has 0 atom stereocenters. The van der Waals surface area contributed by atoms with Gasteiger partial charge in [0.15, 0.2) is 0 Å². The number of hydrogen-bond donors (Lipinski definition) is 1. The Morgan fingerprint density at radius 3 is 2.57 bits per heavy atom. The lowest BCUT2D eigenvalue weighted by atomic mass is 10.2. The second-order valence-electron chi connectivity index (χ2n) is 6.76. The van der Waals surface area contributed by atoms with Crippen molar-refractivity contribution in [3.05, 3.63) is 65.0 Å². The van der Waals surface area contributed by atoms with E-state index in [0.29, 0.717) is 33.8 Å². The number of amides is 1. The Morgan fingerprint density at radius 1 is 1.11 bits per heavy atom. The van der Waals surface area contributed by atoms with E-state index >= 15 is 0 Å². The number of aromatic nitrogens is 2. The maximum atomic E-state index is 12.5. The molecule has 1 amide bonds. The molecule has 2 heterocycles. The average Bonchev–Trinajstić information content (AvgIpc) is 3.12. The number of nitrogens with zero attached hydrogens (tertiary/aromatic N) is 3. The molecule has 1 aliphatic rings. The molecule has 3 aromatic rings. The van der Waals surface area contributed by atoms with Crippen LogP contribution in [0.5, 0.6) is 0 Å². The predicted octanol–water partition coefficient (Wildman–Crippen LogP) is 2.93. The fourth-order valence-corrected chi connectivity index (χ4v) is 5.47. The fourth-order valence-electron chi connectivity index (χ4n) is 3.27. The molecule has 1 fully saturated rings. The van der Waals surface area contributed by atoms with E-state index in [4.69, 9.17) is 0 Å². The largest absolute Gasteiger partial charge is 0.324 e. The first-order valence-electron chi connectivity index (χ1n) is 9.10. The van der Waals surface area contributed by atoms with Gasteiger partial charge in [0.25, 0.3) is 0 Å². The first kappa shape index (κ1) is 18.4. The number of carbonyl (C=O) groups excluding carboxylic acids is 1. The van der Waals surface area contributed by atoms with E-state index in [-0.39, 0.29) is 17.9 Å². The summed E-state index contributed by atoms with van der Waals surface area (Å²) in [7, 11) is -2.11. The molecule has 0 saturated carbocycles. The van der Waals surface area contributed by atoms with Crippen LogP contribution in [0.1, 0.15) is 12.8 Å². The van der Waals surface area contributed by atoms with Gasteiger partial charge in [0.05, 0.1) is 27.1 Å². The van der Waals surface area contributed by atoms with Crippen LogP contribution in [0.3, 0.4) is 0 Å². The van der Waals surface area contributed by atoms with Gasteiger partial charge in [-0.1, -0.05) is 12.1 Å². The second-order valence-corrected chi connectivity index (χ2v) is 9.30. The molecule has 1 aromatic heterocycles. The Morgan fingerprint density at radius 2 is 1.82 bits per heavy atom. The molecule has 0 bridgehead atoms. The van der Waals surface area contributed by atoms with Crippen LogP contribution in [-0.2, 0) is 21.1 Å². The molecule has 4 rings (SSSR count). The smallest absolute Gasteiger partial charge is 0.246 e. The number of nitrogens with one attached hydrogen (secondary N) is 1. The first-order chi connectivity index (χ1) is 13.5. The van der Waals surface area contributed by atoms with Gasteiger partial charge in [-0.3, -0.25) is 14.3 Å². The normalized spacial score (nSPS) is 15.4. The summed E-state index contributed by atoms with van der Waals surface area (Å²) in [5.41, 5.74) is 1.72. The van der Waals surface area contributed by atoms with E-state index in [0.717, 1.165) is 12.8 Å². The minimum atomic E-state index is -2.11. The van der Waals surface area contributed by atoms with Crippen LogP contribution >= 0.6 is 0 Å². The lowest BCUT2D eigenvalue weighted by Crippen LogP contribution is -2.22. The van der Waals surface area contributed by atoms with Crippen LogP contribution in [0.4, 0.5) is 11.4 Å². The molecule has 7 nitrogen and oxygen atoms in total. The van der Waals surface area contributed by atoms with Crippen molar-refractivity contribution in [3.8, 4) is 0 Å². The highest BCUT2D eigenvalue weighted by Crippen LogP contribution is 2.22. The third-order valence-corrected chi connectivity index (χ3v) is 7.05. The maximum absolute atomic E-state index is 12.5. The lowest BCUT2D eigenvalue weighted by Gasteiger charge is -2.10. The summed E-state index contributed by atoms with van der Waals surface area (Å²) in [6.45, 7) is -0.0132. The molecule has 1 saturated heterocycles. The third kappa shape index (κ3) is 3.96. The SMILES string of the molecule is O=C(Cn1ncc(=O)c2ccccc21)Nc1ccc(N=S2(=O)CCCC2)cc1. The second kappa shape index (κ2) is 7.55. The molecule has 0 radical (unpaired) electrons. The van der Waals surface area contributed by atoms with Crippen molar-refractivity contribution in [3.63, 3.8) is 0 Å². The zero-order valence-electron chi connectivity index (χ0n) is 15.2. The molecule has 0 unspecified atom stereocenters. The van der Waals surface area contributed by atoms with E-state index in [1.54, 1.807) is 48.5 Å². The van der Waals surface area contributed by atoms with Crippen LogP contribution < -0.4 is 10.7 Å². The monoisotopic (exact) mass is 396 g/mol. The van der Waals surface area contributed by atoms with Crippen molar-refractivity contribution in [1.29, 1.82) is 0 Å². The van der Waals surface area contributed by atoms with Crippen molar-refractivity contribution in [2.45, 2.75) is 19.4 Å². The van der Waals surface area contributed by atoms with Crippen LogP contribution in [0.25, 0.3) is 10.9 Å². The summed E-state index contributed by atoms with van der Waals surface area (Å²) in [5.74, 6) is 1.06. The van der Waals surface area contributed by atoms with Crippen molar-refractivity contribution in [2.75, 3.05) is 16.8 Å². The van der Waals surface area contributed by atoms with Gasteiger partial charge < -0.3 is 5.32 Å². The zero-order chi connectivity index (χ0) is 19.6. The number of benzene rings is 2. The van der Waals surface area contributed by atoms with Crippen LogP contribution in [0.15, 0.2) is 63.9 Å². The van der Waals surface area contributed by atoms with Gasteiger partial charge in [-0.15, -0.1) is 0 Å². The van der Waals surface area contributed by atoms with Gasteiger partial charge in [0.1, 0.15) is 6.54 Å². The number of para-hydroxylation sites is 1. The Hall–Kier alpha value is -3.00. The van der Waals surface area contributed by atoms with Gasteiger partial charge in [-0.05, 0) is 49.2 Å². The van der Waals surface area contributed by atoms with Crippen LogP contribution in [-0.4, -0.2) is 31.4 Å². The number of fused-ring (bicyclic) bond motifs is 1. The number of hydrogen-bond acceptors (Lipinski definition) is 5. The van der Waals surface area contributed by atoms with E-state index in [9.17, 15) is 13.8 Å². The Kier molecular flexibility index (Phi) is 4.95. The maximum Gasteiger partial charge on any atom is 0.246 e. The van der Waals surface area contributed by atoms with Gasteiger partial charge in [-0.2, -0.15) is 9.46 Å².